The van der Waals surface area contributed by atoms with Crippen LogP contribution in [0.2, 0.25) is 0 Å². The lowest BCUT2D eigenvalue weighted by Gasteiger charge is -2.23. The maximum atomic E-state index is 12.0. The smallest absolute Gasteiger partial charge is 0.317 e. The summed E-state index contributed by atoms with van der Waals surface area (Å²) < 4.78 is 0. The van der Waals surface area contributed by atoms with E-state index in [0.29, 0.717) is 5.06 Å². The Labute approximate surface area is 122 Å². The number of rotatable bonds is 2. The average Bonchev–Trinajstić information content (AvgIpc) is 2.74. The van der Waals surface area contributed by atoms with Crippen molar-refractivity contribution in [2.75, 3.05) is 0 Å². The fourth-order valence-electron chi connectivity index (χ4n) is 2.77. The normalized spacial score (nSPS) is 18.6. The van der Waals surface area contributed by atoms with Gasteiger partial charge in [-0.2, -0.15) is 0 Å². The van der Waals surface area contributed by atoms with Crippen LogP contribution in [0.25, 0.3) is 0 Å². The molecule has 2 aliphatic rings. The molecule has 1 aliphatic carbocycles. The molecule has 1 fully saturated rings. The first-order valence-electron chi connectivity index (χ1n) is 7.13. The molecule has 0 bridgehead atoms. The molecule has 0 saturated heterocycles. The molecule has 1 aliphatic heterocycles. The van der Waals surface area contributed by atoms with Crippen LogP contribution in [0.1, 0.15) is 52.8 Å². The van der Waals surface area contributed by atoms with Crippen molar-refractivity contribution in [1.29, 1.82) is 0 Å². The van der Waals surface area contributed by atoms with E-state index in [1.165, 1.54) is 18.6 Å². The first-order valence-corrected chi connectivity index (χ1v) is 7.13. The van der Waals surface area contributed by atoms with Crippen LogP contribution in [0.15, 0.2) is 24.3 Å². The Hall–Kier alpha value is -2.37. The lowest BCUT2D eigenvalue weighted by atomic mass is 9.96. The summed E-state index contributed by atoms with van der Waals surface area (Å²) in [6.07, 6.45) is 4.35. The maximum Gasteiger partial charge on any atom is 0.432 e. The molecule has 1 saturated carbocycles. The largest absolute Gasteiger partial charge is 0.432 e. The van der Waals surface area contributed by atoms with Crippen molar-refractivity contribution in [1.82, 2.24) is 10.4 Å². The van der Waals surface area contributed by atoms with E-state index in [1.54, 1.807) is 12.1 Å². The molecule has 21 heavy (non-hydrogen) atoms. The zero-order valence-electron chi connectivity index (χ0n) is 11.5. The van der Waals surface area contributed by atoms with Crippen LogP contribution < -0.4 is 5.32 Å². The Morgan fingerprint density at radius 3 is 2.19 bits per heavy atom. The number of carbonyl (C=O) groups is 3. The van der Waals surface area contributed by atoms with Gasteiger partial charge in [-0.15, -0.1) is 0 Å². The number of carbonyl (C=O) groups excluding carboxylic acids is 3. The number of hydrogen-bond donors (Lipinski definition) is 1. The van der Waals surface area contributed by atoms with Gasteiger partial charge in [-0.3, -0.25) is 9.59 Å². The first-order chi connectivity index (χ1) is 10.2. The fraction of sp³-hybridized carbons (Fsp3) is 0.400. The number of nitrogens with one attached hydrogen (secondary N) is 1. The van der Waals surface area contributed by atoms with Crippen molar-refractivity contribution >= 4 is 17.9 Å². The van der Waals surface area contributed by atoms with Gasteiger partial charge in [0.2, 0.25) is 0 Å². The van der Waals surface area contributed by atoms with Crippen LogP contribution in [-0.2, 0) is 4.84 Å². The van der Waals surface area contributed by atoms with Crippen LogP contribution in [0.5, 0.6) is 0 Å². The number of nitrogens with zero attached hydrogens (tertiary/aromatic N) is 1. The molecule has 1 heterocycles. The molecule has 3 rings (SSSR count). The van der Waals surface area contributed by atoms with E-state index < -0.39 is 17.9 Å². The highest BCUT2D eigenvalue weighted by molar-refractivity contribution is 6.20. The third-order valence-corrected chi connectivity index (χ3v) is 3.86. The van der Waals surface area contributed by atoms with Gasteiger partial charge in [0.15, 0.2) is 0 Å². The van der Waals surface area contributed by atoms with E-state index in [4.69, 9.17) is 4.84 Å². The molecule has 0 spiro atoms. The lowest BCUT2D eigenvalue weighted by molar-refractivity contribution is -0.0460. The van der Waals surface area contributed by atoms with Gasteiger partial charge in [0, 0.05) is 6.04 Å². The van der Waals surface area contributed by atoms with Crippen LogP contribution in [0.4, 0.5) is 4.79 Å². The molecule has 1 N–H and O–H groups in total. The minimum atomic E-state index is -0.753. The molecule has 1 aromatic carbocycles. The van der Waals surface area contributed by atoms with Gasteiger partial charge < -0.3 is 10.2 Å². The van der Waals surface area contributed by atoms with Crippen LogP contribution >= 0.6 is 0 Å². The van der Waals surface area contributed by atoms with E-state index in [-0.39, 0.29) is 17.2 Å². The van der Waals surface area contributed by atoms with Gasteiger partial charge in [0.05, 0.1) is 11.1 Å². The Balaban J connectivity index is 1.64. The number of hydrogen-bond acceptors (Lipinski definition) is 4. The van der Waals surface area contributed by atoms with Gasteiger partial charge in [-0.25, -0.2) is 4.79 Å². The highest BCUT2D eigenvalue weighted by Crippen LogP contribution is 2.23. The Kier molecular flexibility index (Phi) is 3.60. The monoisotopic (exact) mass is 288 g/mol. The predicted molar refractivity (Wildman–Crippen MR) is 73.4 cm³/mol. The predicted octanol–water partition coefficient (Wildman–Crippen LogP) is 2.26. The van der Waals surface area contributed by atoms with Crippen molar-refractivity contribution in [3.8, 4) is 0 Å². The highest BCUT2D eigenvalue weighted by atomic mass is 16.7. The van der Waals surface area contributed by atoms with Crippen molar-refractivity contribution in [2.24, 2.45) is 0 Å². The molecular weight excluding hydrogens is 272 g/mol. The molecule has 0 atom stereocenters. The zero-order valence-corrected chi connectivity index (χ0v) is 11.5. The van der Waals surface area contributed by atoms with Crippen molar-refractivity contribution in [3.63, 3.8) is 0 Å². The van der Waals surface area contributed by atoms with Crippen molar-refractivity contribution < 1.29 is 19.2 Å². The molecule has 6 nitrogen and oxygen atoms in total. The SMILES string of the molecule is O=C(NC1CCCCC1)ON1C(=O)c2ccccc2C1=O. The third kappa shape index (κ3) is 2.61. The molecule has 0 aromatic heterocycles. The van der Waals surface area contributed by atoms with Crippen LogP contribution in [0.3, 0.4) is 0 Å². The summed E-state index contributed by atoms with van der Waals surface area (Å²) in [4.78, 5) is 40.8. The minimum Gasteiger partial charge on any atom is -0.317 e. The van der Waals surface area contributed by atoms with Crippen molar-refractivity contribution in [2.45, 2.75) is 38.1 Å². The Morgan fingerprint density at radius 2 is 1.62 bits per heavy atom. The van der Waals surface area contributed by atoms with Gasteiger partial charge in [-0.05, 0) is 25.0 Å². The molecule has 1 aromatic rings. The Morgan fingerprint density at radius 1 is 1.05 bits per heavy atom. The fourth-order valence-corrected chi connectivity index (χ4v) is 2.77. The quantitative estimate of drug-likeness (QED) is 0.847. The van der Waals surface area contributed by atoms with Crippen LogP contribution in [0, 0.1) is 0 Å². The van der Waals surface area contributed by atoms with Gasteiger partial charge in [-0.1, -0.05) is 36.5 Å². The number of imide groups is 1. The number of fused-ring (bicyclic) bond motifs is 1. The summed E-state index contributed by atoms with van der Waals surface area (Å²) in [6.45, 7) is 0. The van der Waals surface area contributed by atoms with E-state index in [1.807, 2.05) is 0 Å². The average molecular weight is 288 g/mol. The number of amides is 3. The van der Waals surface area contributed by atoms with E-state index >= 15 is 0 Å². The summed E-state index contributed by atoms with van der Waals surface area (Å²) in [6, 6.07) is 6.46. The first kappa shape index (κ1) is 13.6. The van der Waals surface area contributed by atoms with Gasteiger partial charge in [0.25, 0.3) is 11.8 Å². The standard InChI is InChI=1S/C15H16N2O4/c18-13-11-8-4-5-9-12(11)14(19)17(13)21-15(20)16-10-6-2-1-3-7-10/h4-5,8-10H,1-3,6-7H2,(H,16,20). The van der Waals surface area contributed by atoms with E-state index in [9.17, 15) is 14.4 Å². The lowest BCUT2D eigenvalue weighted by Crippen LogP contribution is -2.42. The zero-order chi connectivity index (χ0) is 14.8. The Bertz CT molecular complexity index is 558. The summed E-state index contributed by atoms with van der Waals surface area (Å²) in [5.41, 5.74) is 0.515. The summed E-state index contributed by atoms with van der Waals surface area (Å²) >= 11 is 0. The number of benzene rings is 1. The maximum absolute atomic E-state index is 12.0. The second-order valence-corrected chi connectivity index (χ2v) is 5.31. The van der Waals surface area contributed by atoms with Gasteiger partial charge >= 0.3 is 6.09 Å². The highest BCUT2D eigenvalue weighted by Gasteiger charge is 2.38. The van der Waals surface area contributed by atoms with Gasteiger partial charge in [0.1, 0.15) is 0 Å². The second kappa shape index (κ2) is 5.55. The molecule has 0 radical (unpaired) electrons. The summed E-state index contributed by atoms with van der Waals surface area (Å²) in [7, 11) is 0. The van der Waals surface area contributed by atoms with Crippen LogP contribution in [-0.4, -0.2) is 29.0 Å². The topological polar surface area (TPSA) is 75.7 Å². The van der Waals surface area contributed by atoms with E-state index in [2.05, 4.69) is 5.32 Å². The molecule has 110 valence electrons. The molecule has 0 unspecified atom stereocenters. The van der Waals surface area contributed by atoms with E-state index in [0.717, 1.165) is 25.7 Å². The third-order valence-electron chi connectivity index (χ3n) is 3.86. The van der Waals surface area contributed by atoms with Crippen molar-refractivity contribution in [3.05, 3.63) is 35.4 Å². The molecular formula is C15H16N2O4. The minimum absolute atomic E-state index is 0.0569. The molecule has 6 heteroatoms. The number of hydroxylamine groups is 2. The molecule has 3 amide bonds. The summed E-state index contributed by atoms with van der Waals surface area (Å²) in [5.74, 6) is -1.20. The summed E-state index contributed by atoms with van der Waals surface area (Å²) in [5, 5.41) is 3.24. The second-order valence-electron chi connectivity index (χ2n) is 5.31.